The highest BCUT2D eigenvalue weighted by Crippen LogP contribution is 2.45. The monoisotopic (exact) mass is 395 g/mol. The zero-order valence-electron chi connectivity index (χ0n) is 15.7. The Hall–Kier alpha value is -2.59. The van der Waals surface area contributed by atoms with E-state index in [1.807, 2.05) is 55.5 Å². The molecule has 2 aromatic rings. The number of ether oxygens (including phenoxy) is 1. The number of Topliss-reactive ketones (excluding diaryl/α,β-unsaturated/α-hetero) is 1. The van der Waals surface area contributed by atoms with E-state index in [1.165, 1.54) is 0 Å². The Kier molecular flexibility index (Phi) is 5.23. The first-order chi connectivity index (χ1) is 13.6. The van der Waals surface area contributed by atoms with Crippen LogP contribution in [0.2, 0.25) is 5.02 Å². The van der Waals surface area contributed by atoms with Crippen LogP contribution in [0.15, 0.2) is 59.8 Å². The maximum Gasteiger partial charge on any atom is 0.225 e. The third-order valence-electron chi connectivity index (χ3n) is 5.48. The number of hydrogen-bond donors (Lipinski definition) is 1. The Morgan fingerprint density at radius 3 is 2.46 bits per heavy atom. The van der Waals surface area contributed by atoms with Gasteiger partial charge in [0.25, 0.3) is 0 Å². The van der Waals surface area contributed by atoms with Gasteiger partial charge in [-0.3, -0.25) is 9.59 Å². The molecule has 0 saturated carbocycles. The van der Waals surface area contributed by atoms with E-state index in [4.69, 9.17) is 16.3 Å². The van der Waals surface area contributed by atoms with Gasteiger partial charge in [0, 0.05) is 40.6 Å². The zero-order valence-corrected chi connectivity index (χ0v) is 16.5. The summed E-state index contributed by atoms with van der Waals surface area (Å²) in [6, 6.07) is 15.3. The molecule has 1 amide bonds. The summed E-state index contributed by atoms with van der Waals surface area (Å²) in [5, 5.41) is 3.61. The standard InChI is InChI=1S/C23H22ClNO3/c1-2-28-21-10-6-4-8-16(21)17-13-22(27)25-19-11-14(12-20(26)23(17)19)15-7-3-5-9-18(15)24/h3-10,14,17H,2,11-13H2,1H3,(H,25,27)/t14-,17+/m1/s1. The Labute approximate surface area is 169 Å². The second-order valence-corrected chi connectivity index (χ2v) is 7.63. The van der Waals surface area contributed by atoms with Crippen molar-refractivity contribution < 1.29 is 14.3 Å². The minimum Gasteiger partial charge on any atom is -0.494 e. The summed E-state index contributed by atoms with van der Waals surface area (Å²) in [5.41, 5.74) is 3.30. The molecular formula is C23H22ClNO3. The van der Waals surface area contributed by atoms with Crippen molar-refractivity contribution in [3.8, 4) is 5.75 Å². The summed E-state index contributed by atoms with van der Waals surface area (Å²) in [6.07, 6.45) is 1.25. The predicted molar refractivity (Wildman–Crippen MR) is 109 cm³/mol. The van der Waals surface area contributed by atoms with E-state index >= 15 is 0 Å². The van der Waals surface area contributed by atoms with Gasteiger partial charge in [-0.25, -0.2) is 0 Å². The van der Waals surface area contributed by atoms with Crippen LogP contribution in [0.4, 0.5) is 0 Å². The molecule has 2 aliphatic rings. The number of amides is 1. The molecule has 0 saturated heterocycles. The van der Waals surface area contributed by atoms with Crippen LogP contribution < -0.4 is 10.1 Å². The molecule has 4 rings (SSSR count). The second kappa shape index (κ2) is 7.80. The molecule has 1 aliphatic heterocycles. The highest BCUT2D eigenvalue weighted by molar-refractivity contribution is 6.31. The number of ketones is 1. The van der Waals surface area contributed by atoms with Crippen molar-refractivity contribution >= 4 is 23.3 Å². The van der Waals surface area contributed by atoms with Crippen LogP contribution in [-0.4, -0.2) is 18.3 Å². The van der Waals surface area contributed by atoms with Gasteiger partial charge in [0.05, 0.1) is 6.61 Å². The molecule has 2 aromatic carbocycles. The molecule has 0 bridgehead atoms. The van der Waals surface area contributed by atoms with E-state index in [9.17, 15) is 9.59 Å². The zero-order chi connectivity index (χ0) is 19.7. The van der Waals surface area contributed by atoms with Crippen molar-refractivity contribution in [3.05, 3.63) is 76.0 Å². The van der Waals surface area contributed by atoms with Crippen molar-refractivity contribution in [1.82, 2.24) is 5.32 Å². The minimum atomic E-state index is -0.272. The molecule has 2 atom stereocenters. The minimum absolute atomic E-state index is 0.0267. The second-order valence-electron chi connectivity index (χ2n) is 7.22. The fourth-order valence-electron chi connectivity index (χ4n) is 4.31. The number of carbonyl (C=O) groups is 2. The quantitative estimate of drug-likeness (QED) is 0.813. The van der Waals surface area contributed by atoms with Crippen LogP contribution in [0.1, 0.15) is 49.1 Å². The van der Waals surface area contributed by atoms with Crippen molar-refractivity contribution in [2.24, 2.45) is 0 Å². The van der Waals surface area contributed by atoms with Crippen molar-refractivity contribution in [2.45, 2.75) is 38.0 Å². The molecule has 4 nitrogen and oxygen atoms in total. The number of carbonyl (C=O) groups excluding carboxylic acids is 2. The van der Waals surface area contributed by atoms with Gasteiger partial charge in [-0.15, -0.1) is 0 Å². The summed E-state index contributed by atoms with van der Waals surface area (Å²) in [7, 11) is 0. The van der Waals surface area contributed by atoms with E-state index in [0.29, 0.717) is 24.5 Å². The summed E-state index contributed by atoms with van der Waals surface area (Å²) in [4.78, 5) is 25.7. The normalized spacial score (nSPS) is 21.9. The van der Waals surface area contributed by atoms with Gasteiger partial charge in [-0.1, -0.05) is 48.0 Å². The number of halogens is 1. The lowest BCUT2D eigenvalue weighted by Crippen LogP contribution is -2.38. The number of benzene rings is 2. The fraction of sp³-hybridized carbons (Fsp3) is 0.304. The van der Waals surface area contributed by atoms with Gasteiger partial charge in [-0.05, 0) is 37.0 Å². The molecule has 0 spiro atoms. The van der Waals surface area contributed by atoms with Crippen LogP contribution in [0.3, 0.4) is 0 Å². The predicted octanol–water partition coefficient (Wildman–Crippen LogP) is 4.74. The Bertz CT molecular complexity index is 966. The highest BCUT2D eigenvalue weighted by Gasteiger charge is 2.39. The molecule has 5 heteroatoms. The first kappa shape index (κ1) is 18.8. The molecule has 0 unspecified atom stereocenters. The molecule has 144 valence electrons. The lowest BCUT2D eigenvalue weighted by molar-refractivity contribution is -0.122. The van der Waals surface area contributed by atoms with Crippen LogP contribution in [0.25, 0.3) is 0 Å². The van der Waals surface area contributed by atoms with Crippen LogP contribution in [0, 0.1) is 0 Å². The van der Waals surface area contributed by atoms with Crippen molar-refractivity contribution in [2.75, 3.05) is 6.61 Å². The Morgan fingerprint density at radius 2 is 1.71 bits per heavy atom. The van der Waals surface area contributed by atoms with Gasteiger partial charge in [0.2, 0.25) is 5.91 Å². The van der Waals surface area contributed by atoms with Gasteiger partial charge in [0.15, 0.2) is 5.78 Å². The molecule has 1 N–H and O–H groups in total. The fourth-order valence-corrected chi connectivity index (χ4v) is 4.60. The average Bonchev–Trinajstić information content (AvgIpc) is 2.68. The Morgan fingerprint density at radius 1 is 1.00 bits per heavy atom. The summed E-state index contributed by atoms with van der Waals surface area (Å²) >= 11 is 6.36. The van der Waals surface area contributed by atoms with Crippen LogP contribution in [0.5, 0.6) is 5.75 Å². The number of allylic oxidation sites excluding steroid dienone is 2. The highest BCUT2D eigenvalue weighted by atomic mass is 35.5. The van der Waals surface area contributed by atoms with E-state index in [1.54, 1.807) is 0 Å². The maximum atomic E-state index is 13.2. The lowest BCUT2D eigenvalue weighted by Gasteiger charge is -2.35. The maximum absolute atomic E-state index is 13.2. The number of hydrogen-bond acceptors (Lipinski definition) is 3. The molecule has 0 fully saturated rings. The number of para-hydroxylation sites is 1. The molecule has 0 radical (unpaired) electrons. The van der Waals surface area contributed by atoms with Gasteiger partial charge >= 0.3 is 0 Å². The van der Waals surface area contributed by atoms with E-state index in [2.05, 4.69) is 5.32 Å². The van der Waals surface area contributed by atoms with Crippen LogP contribution in [-0.2, 0) is 9.59 Å². The largest absolute Gasteiger partial charge is 0.494 e. The van der Waals surface area contributed by atoms with Crippen molar-refractivity contribution in [1.29, 1.82) is 0 Å². The lowest BCUT2D eigenvalue weighted by atomic mass is 9.73. The topological polar surface area (TPSA) is 55.4 Å². The third-order valence-corrected chi connectivity index (χ3v) is 5.82. The van der Waals surface area contributed by atoms with Gasteiger partial charge in [-0.2, -0.15) is 0 Å². The number of rotatable bonds is 4. The molecule has 28 heavy (non-hydrogen) atoms. The summed E-state index contributed by atoms with van der Waals surface area (Å²) < 4.78 is 5.76. The molecule has 0 aromatic heterocycles. The molecule has 1 aliphatic carbocycles. The number of nitrogens with one attached hydrogen (secondary N) is 1. The third kappa shape index (κ3) is 3.45. The SMILES string of the molecule is CCOc1ccccc1[C@@H]1CC(=O)NC2=C1C(=O)C[C@H](c1ccccc1Cl)C2. The average molecular weight is 396 g/mol. The summed E-state index contributed by atoms with van der Waals surface area (Å²) in [6.45, 7) is 2.46. The van der Waals surface area contributed by atoms with Gasteiger partial charge < -0.3 is 10.1 Å². The van der Waals surface area contributed by atoms with Crippen LogP contribution >= 0.6 is 11.6 Å². The first-order valence-electron chi connectivity index (χ1n) is 9.60. The van der Waals surface area contributed by atoms with E-state index < -0.39 is 0 Å². The van der Waals surface area contributed by atoms with E-state index in [0.717, 1.165) is 28.1 Å². The first-order valence-corrected chi connectivity index (χ1v) is 9.98. The molecular weight excluding hydrogens is 374 g/mol. The summed E-state index contributed by atoms with van der Waals surface area (Å²) in [5.74, 6) is 0.440. The van der Waals surface area contributed by atoms with Gasteiger partial charge in [0.1, 0.15) is 5.75 Å². The van der Waals surface area contributed by atoms with Crippen molar-refractivity contribution in [3.63, 3.8) is 0 Å². The molecule has 1 heterocycles. The van der Waals surface area contributed by atoms with E-state index in [-0.39, 0.29) is 29.9 Å². The Balaban J connectivity index is 1.74. The smallest absolute Gasteiger partial charge is 0.225 e.